The smallest absolute Gasteiger partial charge is 0.0900 e. The van der Waals surface area contributed by atoms with Crippen molar-refractivity contribution in [3.8, 4) is 0 Å². The third kappa shape index (κ3) is 5.28. The Bertz CT molecular complexity index is 186. The number of likely N-dealkylation sites (tertiary alicyclic amines) is 1. The Morgan fingerprint density at radius 2 is 1.81 bits per heavy atom. The SMILES string of the molecule is CC(C)OC[C@H](O)CN1C[C@H](C)C[C@H](C)C1. The van der Waals surface area contributed by atoms with Crippen molar-refractivity contribution >= 4 is 0 Å². The second-order valence-corrected chi connectivity index (χ2v) is 5.70. The molecule has 0 bridgehead atoms. The van der Waals surface area contributed by atoms with E-state index < -0.39 is 0 Å². The maximum atomic E-state index is 9.86. The zero-order chi connectivity index (χ0) is 12.1. The van der Waals surface area contributed by atoms with Crippen LogP contribution < -0.4 is 0 Å². The van der Waals surface area contributed by atoms with Gasteiger partial charge in [-0.05, 0) is 32.1 Å². The zero-order valence-electron chi connectivity index (χ0n) is 11.1. The van der Waals surface area contributed by atoms with Crippen molar-refractivity contribution in [3.05, 3.63) is 0 Å². The molecule has 0 aliphatic carbocycles. The number of nitrogens with zero attached hydrogens (tertiary/aromatic N) is 1. The largest absolute Gasteiger partial charge is 0.389 e. The Labute approximate surface area is 99.8 Å². The fraction of sp³-hybridized carbons (Fsp3) is 1.00. The van der Waals surface area contributed by atoms with Gasteiger partial charge in [-0.3, -0.25) is 0 Å². The molecule has 1 heterocycles. The Kier molecular flexibility index (Phi) is 5.73. The minimum Gasteiger partial charge on any atom is -0.389 e. The molecule has 0 saturated carbocycles. The van der Waals surface area contributed by atoms with E-state index in [1.54, 1.807) is 0 Å². The lowest BCUT2D eigenvalue weighted by Gasteiger charge is -2.36. The van der Waals surface area contributed by atoms with Crippen LogP contribution in [0, 0.1) is 11.8 Å². The highest BCUT2D eigenvalue weighted by Crippen LogP contribution is 2.20. The lowest BCUT2D eigenvalue weighted by molar-refractivity contribution is -0.0164. The van der Waals surface area contributed by atoms with E-state index in [9.17, 15) is 5.11 Å². The second-order valence-electron chi connectivity index (χ2n) is 5.70. The van der Waals surface area contributed by atoms with Crippen molar-refractivity contribution in [1.82, 2.24) is 4.90 Å². The van der Waals surface area contributed by atoms with Crippen LogP contribution in [0.5, 0.6) is 0 Å². The van der Waals surface area contributed by atoms with Gasteiger partial charge >= 0.3 is 0 Å². The molecular weight excluding hydrogens is 202 g/mol. The molecule has 3 nitrogen and oxygen atoms in total. The van der Waals surface area contributed by atoms with Gasteiger partial charge in [-0.1, -0.05) is 13.8 Å². The monoisotopic (exact) mass is 229 g/mol. The molecule has 1 fully saturated rings. The van der Waals surface area contributed by atoms with Crippen molar-refractivity contribution in [2.45, 2.75) is 46.3 Å². The number of aliphatic hydroxyl groups excluding tert-OH is 1. The van der Waals surface area contributed by atoms with Crippen LogP contribution in [-0.2, 0) is 4.74 Å². The van der Waals surface area contributed by atoms with Gasteiger partial charge in [0.15, 0.2) is 0 Å². The highest BCUT2D eigenvalue weighted by Gasteiger charge is 2.23. The summed E-state index contributed by atoms with van der Waals surface area (Å²) in [6, 6.07) is 0. The van der Waals surface area contributed by atoms with Gasteiger partial charge in [0.05, 0.1) is 18.8 Å². The molecule has 1 rings (SSSR count). The first-order chi connectivity index (χ1) is 7.47. The predicted octanol–water partition coefficient (Wildman–Crippen LogP) is 1.75. The molecular formula is C13H27NO2. The van der Waals surface area contributed by atoms with Gasteiger partial charge in [-0.15, -0.1) is 0 Å². The minimum absolute atomic E-state index is 0.203. The molecule has 1 aliphatic heterocycles. The van der Waals surface area contributed by atoms with E-state index >= 15 is 0 Å². The first-order valence-corrected chi connectivity index (χ1v) is 6.49. The Balaban J connectivity index is 2.24. The van der Waals surface area contributed by atoms with Gasteiger partial charge in [0, 0.05) is 19.6 Å². The highest BCUT2D eigenvalue weighted by atomic mass is 16.5. The van der Waals surface area contributed by atoms with E-state index in [4.69, 9.17) is 4.74 Å². The normalized spacial score (nSPS) is 29.6. The molecule has 1 saturated heterocycles. The van der Waals surface area contributed by atoms with Crippen molar-refractivity contribution in [3.63, 3.8) is 0 Å². The average molecular weight is 229 g/mol. The molecule has 96 valence electrons. The molecule has 3 atom stereocenters. The number of β-amino-alcohol motifs (C(OH)–C–C–N with tert-alkyl or cyclic N) is 1. The molecule has 0 aromatic heterocycles. The van der Waals surface area contributed by atoms with E-state index in [0.29, 0.717) is 6.61 Å². The molecule has 0 aromatic rings. The van der Waals surface area contributed by atoms with Gasteiger partial charge in [-0.2, -0.15) is 0 Å². The summed E-state index contributed by atoms with van der Waals surface area (Å²) < 4.78 is 5.42. The van der Waals surface area contributed by atoms with E-state index in [1.165, 1.54) is 6.42 Å². The lowest BCUT2D eigenvalue weighted by atomic mass is 9.92. The van der Waals surface area contributed by atoms with Crippen molar-refractivity contribution in [2.75, 3.05) is 26.2 Å². The quantitative estimate of drug-likeness (QED) is 0.779. The predicted molar refractivity (Wildman–Crippen MR) is 66.5 cm³/mol. The average Bonchev–Trinajstić information content (AvgIpc) is 2.12. The molecule has 1 N–H and O–H groups in total. The number of hydrogen-bond donors (Lipinski definition) is 1. The lowest BCUT2D eigenvalue weighted by Crippen LogP contribution is -2.43. The first kappa shape index (κ1) is 13.9. The van der Waals surface area contributed by atoms with E-state index in [2.05, 4.69) is 18.7 Å². The summed E-state index contributed by atoms with van der Waals surface area (Å²) in [4.78, 5) is 2.37. The Morgan fingerprint density at radius 1 is 1.25 bits per heavy atom. The van der Waals surface area contributed by atoms with Crippen LogP contribution in [0.4, 0.5) is 0 Å². The molecule has 3 heteroatoms. The highest BCUT2D eigenvalue weighted by molar-refractivity contribution is 4.76. The van der Waals surface area contributed by atoms with Gasteiger partial charge < -0.3 is 14.7 Å². The third-order valence-electron chi connectivity index (χ3n) is 3.04. The van der Waals surface area contributed by atoms with E-state index in [1.807, 2.05) is 13.8 Å². The molecule has 1 aliphatic rings. The summed E-state index contributed by atoms with van der Waals surface area (Å²) in [5, 5.41) is 9.86. The van der Waals surface area contributed by atoms with E-state index in [-0.39, 0.29) is 12.2 Å². The van der Waals surface area contributed by atoms with Gasteiger partial charge in [-0.25, -0.2) is 0 Å². The van der Waals surface area contributed by atoms with Crippen LogP contribution in [0.15, 0.2) is 0 Å². The number of hydrogen-bond acceptors (Lipinski definition) is 3. The molecule has 0 amide bonds. The van der Waals surface area contributed by atoms with Gasteiger partial charge in [0.1, 0.15) is 0 Å². The first-order valence-electron chi connectivity index (χ1n) is 6.49. The summed E-state index contributed by atoms with van der Waals surface area (Å²) in [5.41, 5.74) is 0. The van der Waals surface area contributed by atoms with Gasteiger partial charge in [0.25, 0.3) is 0 Å². The third-order valence-corrected chi connectivity index (χ3v) is 3.04. The molecule has 0 aromatic carbocycles. The number of piperidine rings is 1. The summed E-state index contributed by atoms with van der Waals surface area (Å²) in [6.45, 7) is 12.0. The topological polar surface area (TPSA) is 32.7 Å². The second kappa shape index (κ2) is 6.58. The summed E-state index contributed by atoms with van der Waals surface area (Å²) in [5.74, 6) is 1.50. The van der Waals surface area contributed by atoms with Crippen molar-refractivity contribution < 1.29 is 9.84 Å². The van der Waals surface area contributed by atoms with Gasteiger partial charge in [0.2, 0.25) is 0 Å². The number of ether oxygens (including phenoxy) is 1. The van der Waals surface area contributed by atoms with Crippen LogP contribution in [0.25, 0.3) is 0 Å². The van der Waals surface area contributed by atoms with Crippen molar-refractivity contribution in [2.24, 2.45) is 11.8 Å². The number of aliphatic hydroxyl groups is 1. The molecule has 0 spiro atoms. The molecule has 16 heavy (non-hydrogen) atoms. The van der Waals surface area contributed by atoms with Crippen LogP contribution >= 0.6 is 0 Å². The van der Waals surface area contributed by atoms with Crippen LogP contribution in [0.1, 0.15) is 34.1 Å². The summed E-state index contributed by atoms with van der Waals surface area (Å²) in [7, 11) is 0. The fourth-order valence-electron chi connectivity index (χ4n) is 2.60. The fourth-order valence-corrected chi connectivity index (χ4v) is 2.60. The summed E-state index contributed by atoms with van der Waals surface area (Å²) in [6.07, 6.45) is 1.17. The zero-order valence-corrected chi connectivity index (χ0v) is 11.1. The minimum atomic E-state index is -0.347. The van der Waals surface area contributed by atoms with Crippen LogP contribution in [-0.4, -0.2) is 48.5 Å². The van der Waals surface area contributed by atoms with Crippen LogP contribution in [0.2, 0.25) is 0 Å². The molecule has 0 radical (unpaired) electrons. The van der Waals surface area contributed by atoms with Crippen molar-refractivity contribution in [1.29, 1.82) is 0 Å². The van der Waals surface area contributed by atoms with E-state index in [0.717, 1.165) is 31.5 Å². The Hall–Kier alpha value is -0.120. The Morgan fingerprint density at radius 3 is 2.31 bits per heavy atom. The van der Waals surface area contributed by atoms with Crippen LogP contribution in [0.3, 0.4) is 0 Å². The standard InChI is InChI=1S/C13H27NO2/c1-10(2)16-9-13(15)8-14-6-11(3)5-12(4)7-14/h10-13,15H,5-9H2,1-4H3/t11-,12+,13-/m1/s1. The summed E-state index contributed by atoms with van der Waals surface area (Å²) >= 11 is 0. The molecule has 0 unspecified atom stereocenters. The maximum absolute atomic E-state index is 9.86. The maximum Gasteiger partial charge on any atom is 0.0900 e. The number of rotatable bonds is 5.